The molecule has 0 spiro atoms. The van der Waals surface area contributed by atoms with E-state index in [2.05, 4.69) is 70.2 Å². The number of aldehydes is 1. The molecular formula is C47H74ClF3N6O6S. The highest BCUT2D eigenvalue weighted by Gasteiger charge is 2.36. The quantitative estimate of drug-likeness (QED) is 0.0620. The van der Waals surface area contributed by atoms with Gasteiger partial charge in [-0.15, -0.1) is 0 Å². The Hall–Kier alpha value is -4.06. The first kappa shape index (κ1) is 62.0. The number of hydrogen-bond donors (Lipinski definition) is 2. The van der Waals surface area contributed by atoms with Crippen LogP contribution < -0.4 is 5.32 Å². The molecule has 2 saturated heterocycles. The molecule has 0 aliphatic carbocycles. The van der Waals surface area contributed by atoms with Gasteiger partial charge in [-0.25, -0.2) is 18.2 Å². The second kappa shape index (κ2) is 38.2. The van der Waals surface area contributed by atoms with Gasteiger partial charge in [0.25, 0.3) is 12.4 Å². The van der Waals surface area contributed by atoms with Gasteiger partial charge in [0, 0.05) is 43.3 Å². The SMILES string of the molecule is C=N/C(=C\C=C/Cc1ccc(Cl)cc1F)C1CCN(Cc2nc3cc(C)ccc3n2CC(C)OCCC)CC1.CC.CN1CCC(F)(F)C1.CO.COC=O.CSC.O=CCNC=O. The fourth-order valence-electron chi connectivity index (χ4n) is 6.20. The van der Waals surface area contributed by atoms with Gasteiger partial charge in [-0.1, -0.05) is 56.7 Å². The van der Waals surface area contributed by atoms with E-state index >= 15 is 0 Å². The molecule has 64 heavy (non-hydrogen) atoms. The third kappa shape index (κ3) is 26.7. The van der Waals surface area contributed by atoms with Crippen molar-refractivity contribution in [1.29, 1.82) is 0 Å². The number of imidazole rings is 1. The van der Waals surface area contributed by atoms with Crippen molar-refractivity contribution < 1.29 is 42.1 Å². The number of likely N-dealkylation sites (tertiary alicyclic amines) is 2. The molecule has 2 aliphatic heterocycles. The van der Waals surface area contributed by atoms with Crippen LogP contribution in [0.25, 0.3) is 11.0 Å². The molecule has 2 fully saturated rings. The average Bonchev–Trinajstić information content (AvgIpc) is 3.80. The van der Waals surface area contributed by atoms with Crippen LogP contribution in [0.15, 0.2) is 65.3 Å². The summed E-state index contributed by atoms with van der Waals surface area (Å²) in [6.07, 6.45) is 14.8. The van der Waals surface area contributed by atoms with Crippen molar-refractivity contribution in [2.24, 2.45) is 10.9 Å². The number of amides is 1. The summed E-state index contributed by atoms with van der Waals surface area (Å²) < 4.78 is 50.5. The highest BCUT2D eigenvalue weighted by Crippen LogP contribution is 2.28. The summed E-state index contributed by atoms with van der Waals surface area (Å²) in [5, 5.41) is 9.56. The van der Waals surface area contributed by atoms with Gasteiger partial charge in [0.15, 0.2) is 0 Å². The molecule has 3 aromatic rings. The molecule has 17 heteroatoms. The first-order valence-electron chi connectivity index (χ1n) is 21.3. The maximum atomic E-state index is 14.0. The minimum atomic E-state index is -2.41. The van der Waals surface area contributed by atoms with Gasteiger partial charge in [-0.05, 0) is 120 Å². The Labute approximate surface area is 389 Å². The number of methoxy groups -OCH3 is 1. The van der Waals surface area contributed by atoms with Crippen LogP contribution in [-0.2, 0) is 43.4 Å². The van der Waals surface area contributed by atoms with Crippen LogP contribution >= 0.6 is 23.4 Å². The van der Waals surface area contributed by atoms with E-state index in [1.807, 2.05) is 44.6 Å². The maximum absolute atomic E-state index is 14.0. The van der Waals surface area contributed by atoms with Gasteiger partial charge < -0.3 is 34.2 Å². The summed E-state index contributed by atoms with van der Waals surface area (Å²) in [6, 6.07) is 11.3. The van der Waals surface area contributed by atoms with Crippen molar-refractivity contribution in [3.05, 3.63) is 88.1 Å². The van der Waals surface area contributed by atoms with Crippen LogP contribution in [0.1, 0.15) is 70.3 Å². The van der Waals surface area contributed by atoms with Crippen LogP contribution in [0.2, 0.25) is 5.02 Å². The second-order valence-electron chi connectivity index (χ2n) is 14.3. The number of allylic oxidation sites excluding steroid dienone is 4. The Kier molecular flexibility index (Phi) is 37.1. The molecule has 0 radical (unpaired) electrons. The van der Waals surface area contributed by atoms with Crippen molar-refractivity contribution >= 4 is 60.3 Å². The molecular weight excluding hydrogens is 869 g/mol. The third-order valence-corrected chi connectivity index (χ3v) is 9.31. The zero-order chi connectivity index (χ0) is 48.9. The number of aliphatic hydroxyl groups excluding tert-OH is 1. The number of rotatable bonds is 16. The largest absolute Gasteiger partial charge is 0.471 e. The highest BCUT2D eigenvalue weighted by molar-refractivity contribution is 7.97. The van der Waals surface area contributed by atoms with Crippen molar-refractivity contribution in [1.82, 2.24) is 24.7 Å². The molecule has 1 aromatic heterocycles. The summed E-state index contributed by atoms with van der Waals surface area (Å²) in [5.74, 6) is -1.23. The number of carbonyl (C=O) groups is 3. The van der Waals surface area contributed by atoms with E-state index in [1.54, 1.807) is 35.8 Å². The van der Waals surface area contributed by atoms with Crippen molar-refractivity contribution in [3.63, 3.8) is 0 Å². The maximum Gasteiger partial charge on any atom is 0.292 e. The molecule has 2 aliphatic rings. The number of fused-ring (bicyclic) bond motifs is 1. The predicted octanol–water partition coefficient (Wildman–Crippen LogP) is 8.84. The van der Waals surface area contributed by atoms with E-state index in [0.29, 0.717) is 48.6 Å². The number of thioether (sulfide) groups is 1. The topological polar surface area (TPSA) is 139 Å². The standard InChI is InChI=1S/C32H40ClFN4O.C5H9F2N.C3H5NO2.C2H4O2.C2H6S.C2H6.CH4O/c1-5-18-39-24(3)21-38-31-13-10-23(2)19-30(31)36-32(38)22-37-16-14-26(15-17-37)29(35-4)9-7-6-8-25-11-12-27(33)20-28(25)34;1-8-3-2-5(6,7)4-8;5-2-1-4-3-6;1-4-2-3;1-3-2;2*1-2/h6-7,9-13,19-20,24,26H,4-5,8,14-18,21-22H2,1-3H3;2-4H2,1H3;2-3H,1H2,(H,4,6);2H,1H3;1-2H3;1-2H3;2H,1H3/b7-6-,29-9-;;;;;;. The van der Waals surface area contributed by atoms with E-state index in [4.69, 9.17) is 31.2 Å². The number of ether oxygens (including phenoxy) is 2. The number of aryl methyl sites for hydroxylation is 1. The number of alkyl halides is 2. The summed E-state index contributed by atoms with van der Waals surface area (Å²) in [6.45, 7) is 19.5. The number of benzene rings is 2. The van der Waals surface area contributed by atoms with Crippen LogP contribution in [0, 0.1) is 18.7 Å². The number of aromatic nitrogens is 2. The van der Waals surface area contributed by atoms with E-state index < -0.39 is 5.92 Å². The molecule has 12 nitrogen and oxygen atoms in total. The molecule has 2 N–H and O–H groups in total. The Morgan fingerprint density at radius 2 is 1.77 bits per heavy atom. The fourth-order valence-corrected chi connectivity index (χ4v) is 6.36. The van der Waals surface area contributed by atoms with E-state index in [1.165, 1.54) is 24.3 Å². The summed E-state index contributed by atoms with van der Waals surface area (Å²) in [7, 11) is 4.02. The molecule has 0 saturated carbocycles. The Balaban J connectivity index is 0. The molecule has 1 atom stereocenters. The van der Waals surface area contributed by atoms with Gasteiger partial charge in [-0.2, -0.15) is 11.8 Å². The number of nitrogens with zero attached hydrogens (tertiary/aromatic N) is 5. The fraction of sp³-hybridized carbons (Fsp3) is 0.553. The third-order valence-electron chi connectivity index (χ3n) is 9.08. The lowest BCUT2D eigenvalue weighted by Gasteiger charge is -2.32. The number of aliphatic hydroxyl groups is 1. The molecule has 362 valence electrons. The normalized spacial score (nSPS) is 15.0. The highest BCUT2D eigenvalue weighted by atomic mass is 35.5. The van der Waals surface area contributed by atoms with Gasteiger partial charge in [0.2, 0.25) is 6.41 Å². The lowest BCUT2D eigenvalue weighted by Crippen LogP contribution is -2.34. The number of carbonyl (C=O) groups excluding carboxylic acids is 3. The lowest BCUT2D eigenvalue weighted by molar-refractivity contribution is -0.126. The number of hydrogen-bond acceptors (Lipinski definition) is 11. The average molecular weight is 944 g/mol. The zero-order valence-electron chi connectivity index (χ0n) is 39.6. The molecule has 1 amide bonds. The number of piperidine rings is 1. The van der Waals surface area contributed by atoms with Crippen LogP contribution in [0.5, 0.6) is 0 Å². The smallest absolute Gasteiger partial charge is 0.292 e. The Morgan fingerprint density at radius 1 is 1.12 bits per heavy atom. The number of halogens is 4. The second-order valence-corrected chi connectivity index (χ2v) is 15.5. The monoisotopic (exact) mass is 943 g/mol. The Morgan fingerprint density at radius 3 is 2.23 bits per heavy atom. The minimum Gasteiger partial charge on any atom is -0.471 e. The van der Waals surface area contributed by atoms with Gasteiger partial charge >= 0.3 is 0 Å². The predicted molar refractivity (Wildman–Crippen MR) is 259 cm³/mol. The first-order chi connectivity index (χ1) is 30.7. The number of aliphatic imine (C=N–C) groups is 1. The molecule has 5 rings (SSSR count). The van der Waals surface area contributed by atoms with Gasteiger partial charge in [0.05, 0.1) is 50.4 Å². The van der Waals surface area contributed by atoms with Gasteiger partial charge in [-0.3, -0.25) is 19.5 Å². The summed E-state index contributed by atoms with van der Waals surface area (Å²) in [4.78, 5) is 41.1. The van der Waals surface area contributed by atoms with Crippen molar-refractivity contribution in [2.75, 3.05) is 73.1 Å². The molecule has 3 heterocycles. The van der Waals surface area contributed by atoms with Crippen LogP contribution in [-0.4, -0.2) is 135 Å². The summed E-state index contributed by atoms with van der Waals surface area (Å²) in [5.41, 5.74) is 5.06. The lowest BCUT2D eigenvalue weighted by atomic mass is 9.93. The zero-order valence-corrected chi connectivity index (χ0v) is 41.2. The van der Waals surface area contributed by atoms with Crippen LogP contribution in [0.4, 0.5) is 13.2 Å². The van der Waals surface area contributed by atoms with Crippen LogP contribution in [0.3, 0.4) is 0 Å². The van der Waals surface area contributed by atoms with Crippen molar-refractivity contribution in [2.45, 2.75) is 91.8 Å². The summed E-state index contributed by atoms with van der Waals surface area (Å²) >= 11 is 7.60. The molecule has 0 bridgehead atoms. The van der Waals surface area contributed by atoms with E-state index in [0.717, 1.165) is 76.2 Å². The minimum absolute atomic E-state index is 0.0312. The number of nitrogens with one attached hydrogen (secondary N) is 1. The molecule has 1 unspecified atom stereocenters. The van der Waals surface area contributed by atoms with E-state index in [-0.39, 0.29) is 31.4 Å². The van der Waals surface area contributed by atoms with Crippen molar-refractivity contribution in [3.8, 4) is 0 Å². The van der Waals surface area contributed by atoms with Gasteiger partial charge in [0.1, 0.15) is 17.9 Å². The first-order valence-corrected chi connectivity index (χ1v) is 23.3. The Bertz CT molecular complexity index is 1770. The van der Waals surface area contributed by atoms with E-state index in [9.17, 15) is 22.8 Å². The molecule has 2 aromatic carbocycles.